The highest BCUT2D eigenvalue weighted by Gasteiger charge is 2.65. The molecule has 4 aliphatic rings. The van der Waals surface area contributed by atoms with Crippen molar-refractivity contribution in [2.45, 2.75) is 56.2 Å². The van der Waals surface area contributed by atoms with E-state index in [9.17, 15) is 4.79 Å². The number of likely N-dealkylation sites (tertiary alicyclic amines) is 1. The zero-order chi connectivity index (χ0) is 17.3. The Labute approximate surface area is 148 Å². The second kappa shape index (κ2) is 5.13. The largest absolute Gasteiger partial charge is 0.493 e. The number of methoxy groups -OCH3 is 1. The molecule has 1 spiro atoms. The summed E-state index contributed by atoms with van der Waals surface area (Å²) in [6, 6.07) is 4.94. The molecule has 2 aliphatic heterocycles. The van der Waals surface area contributed by atoms with Crippen LogP contribution in [0.2, 0.25) is 0 Å². The number of ether oxygens (including phenoxy) is 2. The van der Waals surface area contributed by atoms with Gasteiger partial charge in [0.25, 0.3) is 0 Å². The highest BCUT2D eigenvalue weighted by molar-refractivity contribution is 5.73. The number of hydrogen-bond donors (Lipinski definition) is 1. The highest BCUT2D eigenvalue weighted by Crippen LogP contribution is 2.63. The number of carbonyl (C=O) groups excluding carboxylic acids is 1. The maximum Gasteiger partial charge on any atom is 0.217 e. The topological polar surface area (TPSA) is 50.8 Å². The van der Waals surface area contributed by atoms with Crippen LogP contribution in [0.25, 0.3) is 0 Å². The average Bonchev–Trinajstić information content (AvgIpc) is 2.94. The third-order valence-corrected chi connectivity index (χ3v) is 7.19. The van der Waals surface area contributed by atoms with Gasteiger partial charge in [-0.15, -0.1) is 0 Å². The van der Waals surface area contributed by atoms with Gasteiger partial charge >= 0.3 is 0 Å². The molecular formula is C20H26N2O3. The summed E-state index contributed by atoms with van der Waals surface area (Å²) >= 11 is 0. The van der Waals surface area contributed by atoms with Crippen LogP contribution in [0.15, 0.2) is 12.1 Å². The summed E-state index contributed by atoms with van der Waals surface area (Å²) in [6.45, 7) is 2.69. The zero-order valence-electron chi connectivity index (χ0n) is 15.2. The molecule has 2 fully saturated rings. The number of benzene rings is 1. The Hall–Kier alpha value is -1.75. The molecule has 5 nitrogen and oxygen atoms in total. The summed E-state index contributed by atoms with van der Waals surface area (Å²) < 4.78 is 12.2. The van der Waals surface area contributed by atoms with Crippen molar-refractivity contribution in [3.8, 4) is 11.5 Å². The van der Waals surface area contributed by atoms with Gasteiger partial charge in [-0.3, -0.25) is 4.79 Å². The molecule has 134 valence electrons. The number of nitrogens with one attached hydrogen (secondary N) is 1. The first-order chi connectivity index (χ1) is 12.1. The van der Waals surface area contributed by atoms with Gasteiger partial charge in [0.15, 0.2) is 11.5 Å². The lowest BCUT2D eigenvalue weighted by Crippen LogP contribution is -2.68. The lowest BCUT2D eigenvalue weighted by atomic mass is 9.51. The Morgan fingerprint density at radius 2 is 2.24 bits per heavy atom. The van der Waals surface area contributed by atoms with E-state index in [1.165, 1.54) is 11.1 Å². The van der Waals surface area contributed by atoms with E-state index < -0.39 is 0 Å². The Morgan fingerprint density at radius 3 is 3.00 bits per heavy atom. The molecule has 5 atom stereocenters. The minimum atomic E-state index is 0.0247. The first-order valence-electron chi connectivity index (χ1n) is 9.40. The van der Waals surface area contributed by atoms with Gasteiger partial charge in [-0.1, -0.05) is 6.07 Å². The molecule has 0 radical (unpaired) electrons. The van der Waals surface area contributed by atoms with Crippen LogP contribution in [0.5, 0.6) is 11.5 Å². The van der Waals surface area contributed by atoms with Crippen LogP contribution in [-0.4, -0.2) is 49.7 Å². The van der Waals surface area contributed by atoms with Crippen molar-refractivity contribution < 1.29 is 14.3 Å². The molecule has 1 N–H and O–H groups in total. The van der Waals surface area contributed by atoms with E-state index in [0.717, 1.165) is 43.7 Å². The molecule has 1 saturated heterocycles. The van der Waals surface area contributed by atoms with Gasteiger partial charge in [0.2, 0.25) is 5.91 Å². The van der Waals surface area contributed by atoms with Crippen molar-refractivity contribution in [1.29, 1.82) is 0 Å². The summed E-state index contributed by atoms with van der Waals surface area (Å²) in [4.78, 5) is 14.3. The molecule has 2 unspecified atom stereocenters. The first kappa shape index (κ1) is 15.5. The summed E-state index contributed by atoms with van der Waals surface area (Å²) in [5.41, 5.74) is 2.83. The van der Waals surface area contributed by atoms with Crippen molar-refractivity contribution in [1.82, 2.24) is 10.2 Å². The minimum Gasteiger partial charge on any atom is -0.493 e. The van der Waals surface area contributed by atoms with Crippen molar-refractivity contribution in [3.63, 3.8) is 0 Å². The van der Waals surface area contributed by atoms with E-state index in [-0.39, 0.29) is 23.5 Å². The first-order valence-corrected chi connectivity index (χ1v) is 9.40. The fourth-order valence-corrected chi connectivity index (χ4v) is 6.30. The van der Waals surface area contributed by atoms with Crippen LogP contribution >= 0.6 is 0 Å². The monoisotopic (exact) mass is 342 g/mol. The van der Waals surface area contributed by atoms with Crippen molar-refractivity contribution in [2.75, 3.05) is 20.7 Å². The Morgan fingerprint density at radius 1 is 1.40 bits per heavy atom. The molecule has 1 saturated carbocycles. The minimum absolute atomic E-state index is 0.0247. The van der Waals surface area contributed by atoms with Crippen molar-refractivity contribution in [3.05, 3.63) is 23.3 Å². The number of nitrogens with zero attached hydrogens (tertiary/aromatic N) is 1. The molecule has 5 rings (SSSR count). The molecule has 1 aromatic rings. The Balaban J connectivity index is 1.71. The molecule has 25 heavy (non-hydrogen) atoms. The van der Waals surface area contributed by atoms with Crippen molar-refractivity contribution in [2.24, 2.45) is 5.92 Å². The summed E-state index contributed by atoms with van der Waals surface area (Å²) in [6.07, 6.45) is 4.36. The molecule has 0 aromatic heterocycles. The number of rotatable bonds is 2. The maximum atomic E-state index is 11.8. The van der Waals surface area contributed by atoms with Crippen LogP contribution in [-0.2, 0) is 16.6 Å². The number of carbonyl (C=O) groups is 1. The lowest BCUT2D eigenvalue weighted by molar-refractivity contribution is -0.122. The third-order valence-electron chi connectivity index (χ3n) is 7.19. The molecule has 1 aromatic carbocycles. The molecule has 5 heteroatoms. The summed E-state index contributed by atoms with van der Waals surface area (Å²) in [7, 11) is 3.97. The zero-order valence-corrected chi connectivity index (χ0v) is 15.2. The number of piperidine rings is 1. The summed E-state index contributed by atoms with van der Waals surface area (Å²) in [5, 5.41) is 3.18. The quantitative estimate of drug-likeness (QED) is 0.891. The SMILES string of the molecule is COc1ccc2c3c1OC1C(NC(C)=O)CC[C@@H]4[C@H](C2)N(C)CC[C@@]314. The van der Waals surface area contributed by atoms with Crippen LogP contribution in [0.3, 0.4) is 0 Å². The van der Waals surface area contributed by atoms with Crippen LogP contribution in [0.1, 0.15) is 37.3 Å². The second-order valence-corrected chi connectivity index (χ2v) is 8.20. The smallest absolute Gasteiger partial charge is 0.217 e. The third kappa shape index (κ3) is 1.85. The van der Waals surface area contributed by atoms with E-state index in [4.69, 9.17) is 9.47 Å². The van der Waals surface area contributed by atoms with E-state index in [0.29, 0.717) is 12.0 Å². The fraction of sp³-hybridized carbons (Fsp3) is 0.650. The molecular weight excluding hydrogens is 316 g/mol. The predicted molar refractivity (Wildman–Crippen MR) is 94.2 cm³/mol. The Bertz CT molecular complexity index is 749. The summed E-state index contributed by atoms with van der Waals surface area (Å²) in [5.74, 6) is 2.41. The van der Waals surface area contributed by atoms with E-state index >= 15 is 0 Å². The fourth-order valence-electron chi connectivity index (χ4n) is 6.30. The molecule has 2 heterocycles. The van der Waals surface area contributed by atoms with E-state index in [1.807, 2.05) is 6.07 Å². The van der Waals surface area contributed by atoms with Gasteiger partial charge < -0.3 is 19.7 Å². The number of hydrogen-bond acceptors (Lipinski definition) is 4. The predicted octanol–water partition coefficient (Wildman–Crippen LogP) is 1.87. The van der Waals surface area contributed by atoms with Crippen LogP contribution < -0.4 is 14.8 Å². The molecule has 2 aliphatic carbocycles. The molecule has 2 bridgehead atoms. The Kier molecular flexibility index (Phi) is 3.18. The van der Waals surface area contributed by atoms with Crippen LogP contribution in [0, 0.1) is 5.92 Å². The van der Waals surface area contributed by atoms with Gasteiger partial charge in [-0.25, -0.2) is 0 Å². The standard InChI is InChI=1S/C20H26N2O3/c1-11(23)21-14-6-5-13-15-10-12-4-7-16(24-3)18-17(12)20(13,19(14)25-18)8-9-22(15)2/h4,7,13-15,19H,5-6,8-10H2,1-3H3,(H,21,23)/t13-,14?,15+,19?,20-/m1/s1. The van der Waals surface area contributed by atoms with Gasteiger partial charge in [0.1, 0.15) is 6.10 Å². The molecule has 1 amide bonds. The van der Waals surface area contributed by atoms with Gasteiger partial charge in [-0.05, 0) is 56.8 Å². The van der Waals surface area contributed by atoms with Gasteiger partial charge in [0.05, 0.1) is 13.2 Å². The number of amides is 1. The lowest BCUT2D eigenvalue weighted by Gasteiger charge is -2.59. The van der Waals surface area contributed by atoms with Gasteiger partial charge in [0, 0.05) is 23.9 Å². The average molecular weight is 342 g/mol. The maximum absolute atomic E-state index is 11.8. The van der Waals surface area contributed by atoms with Crippen molar-refractivity contribution >= 4 is 5.91 Å². The second-order valence-electron chi connectivity index (χ2n) is 8.20. The normalized spacial score (nSPS) is 37.9. The number of likely N-dealkylation sites (N-methyl/N-ethyl adjacent to an activating group) is 1. The van der Waals surface area contributed by atoms with E-state index in [1.54, 1.807) is 14.0 Å². The van der Waals surface area contributed by atoms with E-state index in [2.05, 4.69) is 23.3 Å². The van der Waals surface area contributed by atoms with Gasteiger partial charge in [-0.2, -0.15) is 0 Å². The highest BCUT2D eigenvalue weighted by atomic mass is 16.5. The van der Waals surface area contributed by atoms with Crippen LogP contribution in [0.4, 0.5) is 0 Å².